The Morgan fingerprint density at radius 2 is 1.00 bits per heavy atom. The summed E-state index contributed by atoms with van der Waals surface area (Å²) >= 11 is 0. The topological polar surface area (TPSA) is 61.5 Å². The molecular weight excluding hydrogens is 152 g/mol. The molecule has 2 nitrogen and oxygen atoms in total. The molecule has 0 aromatic heterocycles. The quantitative estimate of drug-likeness (QED) is 0.361. The third-order valence-electron chi connectivity index (χ3n) is 0. The molecular formula is H4AlFKLiO2Si-. The molecule has 0 aliphatic heterocycles. The van der Waals surface area contributed by atoms with E-state index in [1.165, 1.54) is 0 Å². The minimum absolute atomic E-state index is 0. The fourth-order valence-electron chi connectivity index (χ4n) is 0. The van der Waals surface area contributed by atoms with Gasteiger partial charge in [0.1, 0.15) is 0 Å². The second-order valence-electron chi connectivity index (χ2n) is 0. The third-order valence-corrected chi connectivity index (χ3v) is 0. The average Bonchev–Trinajstić information content (AvgIpc) is 0. The van der Waals surface area contributed by atoms with E-state index in [1.54, 1.807) is 0 Å². The first-order valence-electron chi connectivity index (χ1n) is 0. The molecule has 0 unspecified atom stereocenters. The van der Waals surface area contributed by atoms with E-state index in [4.69, 9.17) is 0 Å². The van der Waals surface area contributed by atoms with Crippen molar-refractivity contribution in [3.05, 3.63) is 0 Å². The Hall–Kier alpha value is 2.83. The molecule has 33 valence electrons. The molecule has 7 heavy (non-hydrogen) atoms. The molecule has 0 aliphatic rings. The molecule has 0 rings (SSSR count). The van der Waals surface area contributed by atoms with Gasteiger partial charge in [-0.1, -0.05) is 0 Å². The van der Waals surface area contributed by atoms with Crippen LogP contribution < -0.4 is 0 Å². The normalized spacial score (nSPS) is 0. The van der Waals surface area contributed by atoms with Crippen LogP contribution in [0, 0.1) is 0 Å². The zero-order chi connectivity index (χ0) is 0. The third kappa shape index (κ3) is 51.4. The molecule has 0 atom stereocenters. The zero-order valence-corrected chi connectivity index (χ0v) is 9.71. The fourth-order valence-corrected chi connectivity index (χ4v) is 0. The second kappa shape index (κ2) is 67.5. The molecule has 0 aromatic carbocycles. The zero-order valence-electron chi connectivity index (χ0n) is 4.43. The SMILES string of the molecule is F.O.[Al].[K].[Li].[OH-].[Si]. The Morgan fingerprint density at radius 3 is 1.00 bits per heavy atom. The predicted octanol–water partition coefficient (Wildman–Crippen LogP) is -2.37. The van der Waals surface area contributed by atoms with Gasteiger partial charge >= 0.3 is 0 Å². The van der Waals surface area contributed by atoms with Crippen molar-refractivity contribution in [2.75, 3.05) is 0 Å². The van der Waals surface area contributed by atoms with Gasteiger partial charge in [-0.05, 0) is 0 Å². The molecule has 0 fully saturated rings. The molecule has 0 amide bonds. The van der Waals surface area contributed by atoms with E-state index >= 15 is 0 Å². The largest absolute Gasteiger partial charge is 0.870 e. The number of halogens is 1. The van der Waals surface area contributed by atoms with Gasteiger partial charge in [-0.25, -0.2) is 0 Å². The van der Waals surface area contributed by atoms with Crippen LogP contribution in [0.3, 0.4) is 0 Å². The van der Waals surface area contributed by atoms with Gasteiger partial charge in [0, 0.05) is 98.6 Å². The average molecular weight is 156 g/mol. The van der Waals surface area contributed by atoms with Crippen molar-refractivity contribution >= 4 is 98.6 Å². The van der Waals surface area contributed by atoms with Gasteiger partial charge in [-0.15, -0.1) is 0 Å². The Bertz CT molecular complexity index is 17.7. The summed E-state index contributed by atoms with van der Waals surface area (Å²) in [5.74, 6) is 0. The van der Waals surface area contributed by atoms with E-state index in [-0.39, 0.29) is 114 Å². The maximum absolute atomic E-state index is 0. The van der Waals surface area contributed by atoms with Crippen molar-refractivity contribution in [2.24, 2.45) is 0 Å². The van der Waals surface area contributed by atoms with Crippen molar-refractivity contribution in [1.82, 2.24) is 0 Å². The van der Waals surface area contributed by atoms with Crippen molar-refractivity contribution in [2.45, 2.75) is 0 Å². The molecule has 0 bridgehead atoms. The van der Waals surface area contributed by atoms with Crippen LogP contribution in [-0.4, -0.2) is 110 Å². The molecule has 7 heteroatoms. The summed E-state index contributed by atoms with van der Waals surface area (Å²) in [5.41, 5.74) is 0. The monoisotopic (exact) mass is 156 g/mol. The molecule has 0 aromatic rings. The number of hydrogen-bond acceptors (Lipinski definition) is 1. The summed E-state index contributed by atoms with van der Waals surface area (Å²) in [7, 11) is 0. The summed E-state index contributed by atoms with van der Waals surface area (Å²) < 4.78 is 0. The first-order valence-corrected chi connectivity index (χ1v) is 0. The van der Waals surface area contributed by atoms with Crippen LogP contribution in [0.4, 0.5) is 4.70 Å². The Kier molecular flexibility index (Phi) is 922. The van der Waals surface area contributed by atoms with E-state index in [2.05, 4.69) is 0 Å². The predicted molar refractivity (Wildman–Crippen MR) is 31.1 cm³/mol. The van der Waals surface area contributed by atoms with Gasteiger partial charge < -0.3 is 11.0 Å². The summed E-state index contributed by atoms with van der Waals surface area (Å²) in [4.78, 5) is 0. The van der Waals surface area contributed by atoms with E-state index in [9.17, 15) is 0 Å². The minimum atomic E-state index is 0. The maximum atomic E-state index is 0. The second-order valence-corrected chi connectivity index (χ2v) is 0. The summed E-state index contributed by atoms with van der Waals surface area (Å²) in [5, 5.41) is 0. The van der Waals surface area contributed by atoms with Crippen LogP contribution >= 0.6 is 0 Å². The number of hydrogen-bond donors (Lipinski definition) is 0. The Morgan fingerprint density at radius 1 is 1.00 bits per heavy atom. The van der Waals surface area contributed by atoms with Crippen molar-refractivity contribution in [3.8, 4) is 0 Å². The van der Waals surface area contributed by atoms with Gasteiger partial charge in [0.2, 0.25) is 0 Å². The molecule has 9 radical (unpaired) electrons. The van der Waals surface area contributed by atoms with E-state index < -0.39 is 0 Å². The first kappa shape index (κ1) is 95.6. The van der Waals surface area contributed by atoms with Crippen LogP contribution in [0.2, 0.25) is 0 Å². The van der Waals surface area contributed by atoms with Gasteiger partial charge in [0.25, 0.3) is 0 Å². The van der Waals surface area contributed by atoms with Gasteiger partial charge in [-0.3, -0.25) is 4.70 Å². The van der Waals surface area contributed by atoms with Crippen LogP contribution in [0.1, 0.15) is 0 Å². The summed E-state index contributed by atoms with van der Waals surface area (Å²) in [6.45, 7) is 0. The molecule has 0 saturated heterocycles. The minimum Gasteiger partial charge on any atom is -0.870 e. The molecule has 0 saturated carbocycles. The van der Waals surface area contributed by atoms with Crippen molar-refractivity contribution < 1.29 is 15.7 Å². The van der Waals surface area contributed by atoms with Gasteiger partial charge in [0.05, 0.1) is 0 Å². The molecule has 0 aliphatic carbocycles. The first-order chi connectivity index (χ1) is 0. The van der Waals surface area contributed by atoms with Crippen molar-refractivity contribution in [1.29, 1.82) is 0 Å². The summed E-state index contributed by atoms with van der Waals surface area (Å²) in [6.07, 6.45) is 0. The smallest absolute Gasteiger partial charge is 0 e. The van der Waals surface area contributed by atoms with Crippen LogP contribution in [0.25, 0.3) is 0 Å². The van der Waals surface area contributed by atoms with Crippen LogP contribution in [0.15, 0.2) is 0 Å². The van der Waals surface area contributed by atoms with E-state index in [0.29, 0.717) is 0 Å². The standard InChI is InChI=1S/Al.FH.K.Li.2H2O.Si/h;1H;;;2*1H2;/p-1. The Balaban J connectivity index is 0. The van der Waals surface area contributed by atoms with Gasteiger partial charge in [-0.2, -0.15) is 0 Å². The van der Waals surface area contributed by atoms with Crippen molar-refractivity contribution in [3.63, 3.8) is 0 Å². The molecule has 0 spiro atoms. The van der Waals surface area contributed by atoms with E-state index in [0.717, 1.165) is 0 Å². The van der Waals surface area contributed by atoms with E-state index in [1.807, 2.05) is 0 Å². The maximum Gasteiger partial charge on any atom is 0 e. The van der Waals surface area contributed by atoms with Crippen LogP contribution in [0.5, 0.6) is 0 Å². The number of rotatable bonds is 0. The Labute approximate surface area is 112 Å². The fraction of sp³-hybridized carbons (Fsp3) is 0. The molecule has 0 heterocycles. The van der Waals surface area contributed by atoms with Crippen LogP contribution in [-0.2, 0) is 0 Å². The van der Waals surface area contributed by atoms with Gasteiger partial charge in [0.15, 0.2) is 0 Å². The molecule has 3 N–H and O–H groups in total. The summed E-state index contributed by atoms with van der Waals surface area (Å²) in [6, 6.07) is 0.